The first-order chi connectivity index (χ1) is 17.4. The summed E-state index contributed by atoms with van der Waals surface area (Å²) in [6.07, 6.45) is -3.01. The van der Waals surface area contributed by atoms with Gasteiger partial charge in [-0.25, -0.2) is 4.79 Å². The van der Waals surface area contributed by atoms with Crippen LogP contribution in [0.2, 0.25) is 0 Å². The van der Waals surface area contributed by atoms with Gasteiger partial charge in [-0.1, -0.05) is 12.1 Å². The zero-order valence-corrected chi connectivity index (χ0v) is 20.1. The maximum Gasteiger partial charge on any atom is 0.421 e. The van der Waals surface area contributed by atoms with Gasteiger partial charge in [-0.05, 0) is 43.5 Å². The molecule has 0 spiro atoms. The normalized spacial score (nSPS) is 17.2. The number of aromatic nitrogens is 3. The van der Waals surface area contributed by atoms with Crippen molar-refractivity contribution >= 4 is 28.5 Å². The molecule has 0 saturated carbocycles. The van der Waals surface area contributed by atoms with E-state index in [1.54, 1.807) is 10.7 Å². The Bertz CT molecular complexity index is 1400. The van der Waals surface area contributed by atoms with Crippen LogP contribution < -0.4 is 10.9 Å². The molecule has 3 aromatic rings. The molecule has 4 rings (SSSR count). The number of fused-ring (bicyclic) bond motifs is 1. The highest BCUT2D eigenvalue weighted by molar-refractivity contribution is 5.91. The summed E-state index contributed by atoms with van der Waals surface area (Å²) >= 11 is 0. The van der Waals surface area contributed by atoms with Crippen LogP contribution in [0.25, 0.3) is 10.9 Å². The number of hydrogen-bond donors (Lipinski definition) is 3. The molecule has 1 aromatic carbocycles. The van der Waals surface area contributed by atoms with Gasteiger partial charge in [-0.2, -0.15) is 23.5 Å². The minimum Gasteiger partial charge on any atom is -0.453 e. The van der Waals surface area contributed by atoms with Gasteiger partial charge < -0.3 is 25.0 Å². The van der Waals surface area contributed by atoms with Gasteiger partial charge in [0.2, 0.25) is 0 Å². The van der Waals surface area contributed by atoms with E-state index in [9.17, 15) is 33.1 Å². The summed E-state index contributed by atoms with van der Waals surface area (Å²) in [5.41, 5.74) is -3.82. The number of anilines is 2. The lowest BCUT2D eigenvalue weighted by Gasteiger charge is -2.40. The Morgan fingerprint density at radius 1 is 1.27 bits per heavy atom. The number of carbonyl (C=O) groups is 1. The number of alkyl halides is 3. The van der Waals surface area contributed by atoms with Crippen LogP contribution in [0.15, 0.2) is 41.3 Å². The first kappa shape index (κ1) is 26.0. The highest BCUT2D eigenvalue weighted by Crippen LogP contribution is 2.40. The maximum absolute atomic E-state index is 13.2. The number of nitrogens with zero attached hydrogens (tertiary/aromatic N) is 4. The Morgan fingerprint density at radius 2 is 1.92 bits per heavy atom. The predicted octanol–water partition coefficient (Wildman–Crippen LogP) is 3.71. The summed E-state index contributed by atoms with van der Waals surface area (Å²) < 4.78 is 46.0. The van der Waals surface area contributed by atoms with Gasteiger partial charge in [0.1, 0.15) is 5.39 Å². The molecule has 1 atom stereocenters. The molecule has 1 aliphatic heterocycles. The number of aliphatic hydroxyl groups is 1. The van der Waals surface area contributed by atoms with Gasteiger partial charge in [0, 0.05) is 25.0 Å². The van der Waals surface area contributed by atoms with E-state index in [-0.39, 0.29) is 23.2 Å². The largest absolute Gasteiger partial charge is 0.453 e. The van der Waals surface area contributed by atoms with E-state index < -0.39 is 29.0 Å². The van der Waals surface area contributed by atoms with Crippen molar-refractivity contribution in [3.05, 3.63) is 52.4 Å². The average Bonchev–Trinajstić information content (AvgIpc) is 3.24. The molecule has 1 fully saturated rings. The molecule has 0 bridgehead atoms. The smallest absolute Gasteiger partial charge is 0.421 e. The van der Waals surface area contributed by atoms with Crippen molar-refractivity contribution in [3.8, 4) is 6.07 Å². The van der Waals surface area contributed by atoms with Crippen LogP contribution in [0.4, 0.5) is 29.5 Å². The first-order valence-corrected chi connectivity index (χ1v) is 11.4. The Kier molecular flexibility index (Phi) is 6.64. The minimum atomic E-state index is -4.86. The molecule has 13 heteroatoms. The molecule has 37 heavy (non-hydrogen) atoms. The van der Waals surface area contributed by atoms with Gasteiger partial charge in [-0.3, -0.25) is 9.48 Å². The summed E-state index contributed by atoms with van der Waals surface area (Å²) in [6, 6.07) is 8.81. The lowest BCUT2D eigenvalue weighted by atomic mass is 9.85. The third-order valence-electron chi connectivity index (χ3n) is 6.85. The summed E-state index contributed by atoms with van der Waals surface area (Å²) in [7, 11) is 1.29. The average molecular weight is 518 g/mol. The molecule has 196 valence electrons. The number of methoxy groups -OCH3 is 1. The zero-order valence-electron chi connectivity index (χ0n) is 20.1. The number of rotatable bonds is 5. The fourth-order valence-corrected chi connectivity index (χ4v) is 4.55. The molecule has 0 aliphatic carbocycles. The van der Waals surface area contributed by atoms with Gasteiger partial charge in [0.05, 0.1) is 30.7 Å². The third kappa shape index (κ3) is 4.60. The quantitative estimate of drug-likeness (QED) is 0.468. The molecule has 1 unspecified atom stereocenters. The number of pyridine rings is 1. The van der Waals surface area contributed by atoms with E-state index in [0.717, 1.165) is 12.1 Å². The number of benzene rings is 1. The second kappa shape index (κ2) is 9.44. The summed E-state index contributed by atoms with van der Waals surface area (Å²) in [6.45, 7) is 1.31. The van der Waals surface area contributed by atoms with Crippen LogP contribution in [0.5, 0.6) is 0 Å². The first-order valence-electron chi connectivity index (χ1n) is 11.4. The number of halogens is 3. The molecule has 1 amide bonds. The van der Waals surface area contributed by atoms with Crippen LogP contribution in [-0.4, -0.2) is 57.2 Å². The zero-order chi connectivity index (χ0) is 27.0. The van der Waals surface area contributed by atoms with Crippen molar-refractivity contribution in [1.82, 2.24) is 19.7 Å². The van der Waals surface area contributed by atoms with Crippen LogP contribution in [0.3, 0.4) is 0 Å². The lowest BCUT2D eigenvalue weighted by molar-refractivity contribution is -0.258. The molecular formula is C24H25F3N6O4. The van der Waals surface area contributed by atoms with E-state index in [4.69, 9.17) is 4.74 Å². The molecule has 10 nitrogen and oxygen atoms in total. The highest BCUT2D eigenvalue weighted by Gasteiger charge is 2.51. The molecule has 3 heterocycles. The Labute approximate surface area is 209 Å². The fourth-order valence-electron chi connectivity index (χ4n) is 4.55. The molecule has 1 saturated heterocycles. The SMILES string of the molecule is COC(=O)N1CCC(CC#N)(n2nc(Nc3ccc(C(C)(O)C(F)(F)F)cc3)c3c(=O)[nH]ccc32)CC1. The molecule has 3 N–H and O–H groups in total. The molecule has 2 aromatic heterocycles. The topological polar surface area (TPSA) is 136 Å². The van der Waals surface area contributed by atoms with Gasteiger partial charge >= 0.3 is 12.3 Å². The Morgan fingerprint density at radius 3 is 2.49 bits per heavy atom. The number of H-pyrrole nitrogens is 1. The van der Waals surface area contributed by atoms with Crippen molar-refractivity contribution in [2.24, 2.45) is 0 Å². The van der Waals surface area contributed by atoms with Crippen molar-refractivity contribution in [3.63, 3.8) is 0 Å². The summed E-state index contributed by atoms with van der Waals surface area (Å²) in [5, 5.41) is 27.3. The van der Waals surface area contributed by atoms with Crippen LogP contribution in [0.1, 0.15) is 31.7 Å². The maximum atomic E-state index is 13.2. The molecule has 0 radical (unpaired) electrons. The van der Waals surface area contributed by atoms with Gasteiger partial charge in [0.25, 0.3) is 5.56 Å². The second-order valence-corrected chi connectivity index (χ2v) is 9.12. The van der Waals surface area contributed by atoms with Crippen LogP contribution >= 0.6 is 0 Å². The number of carbonyl (C=O) groups excluding carboxylic acids is 1. The van der Waals surface area contributed by atoms with Crippen LogP contribution in [0, 0.1) is 11.3 Å². The van der Waals surface area contributed by atoms with Crippen molar-refractivity contribution in [2.45, 2.75) is 43.5 Å². The van der Waals surface area contributed by atoms with Crippen molar-refractivity contribution in [2.75, 3.05) is 25.5 Å². The minimum absolute atomic E-state index is 0.0756. The number of piperidine rings is 1. The molecule has 1 aliphatic rings. The lowest BCUT2D eigenvalue weighted by Crippen LogP contribution is -2.48. The standard InChI is InChI=1S/C24H25F3N6O4/c1-22(36,24(25,26)27)15-3-5-16(6-4-15)30-19-18-17(7-12-29-20(18)34)33(31-19)23(8-11-28)9-13-32(14-10-23)21(35)37-2/h3-7,12,36H,8-10,13-14H2,1-2H3,(H,29,34)(H,30,31). The van der Waals surface area contributed by atoms with E-state index in [2.05, 4.69) is 21.5 Å². The number of likely N-dealkylation sites (tertiary alicyclic amines) is 1. The summed E-state index contributed by atoms with van der Waals surface area (Å²) in [4.78, 5) is 28.9. The molecular weight excluding hydrogens is 493 g/mol. The van der Waals surface area contributed by atoms with Gasteiger partial charge in [-0.15, -0.1) is 0 Å². The van der Waals surface area contributed by atoms with E-state index in [1.807, 2.05) is 0 Å². The fraction of sp³-hybridized carbons (Fsp3) is 0.417. The Hall–Kier alpha value is -4.05. The summed E-state index contributed by atoms with van der Waals surface area (Å²) in [5.74, 6) is 0.153. The van der Waals surface area contributed by atoms with E-state index >= 15 is 0 Å². The number of ether oxygens (including phenoxy) is 1. The van der Waals surface area contributed by atoms with E-state index in [0.29, 0.717) is 44.1 Å². The Balaban J connectivity index is 1.72. The van der Waals surface area contributed by atoms with E-state index in [1.165, 1.54) is 30.3 Å². The number of aromatic amines is 1. The number of amides is 1. The number of hydrogen-bond acceptors (Lipinski definition) is 7. The number of nitrogens with one attached hydrogen (secondary N) is 2. The third-order valence-corrected chi connectivity index (χ3v) is 6.85. The van der Waals surface area contributed by atoms with Gasteiger partial charge in [0.15, 0.2) is 11.4 Å². The highest BCUT2D eigenvalue weighted by atomic mass is 19.4. The van der Waals surface area contributed by atoms with Crippen molar-refractivity contribution in [1.29, 1.82) is 5.26 Å². The second-order valence-electron chi connectivity index (χ2n) is 9.12. The van der Waals surface area contributed by atoms with Crippen molar-refractivity contribution < 1.29 is 27.8 Å². The van der Waals surface area contributed by atoms with Crippen LogP contribution in [-0.2, 0) is 15.9 Å². The monoisotopic (exact) mass is 518 g/mol. The number of nitriles is 1. The predicted molar refractivity (Wildman–Crippen MR) is 127 cm³/mol.